The van der Waals surface area contributed by atoms with Crippen molar-refractivity contribution in [2.45, 2.75) is 77.3 Å². The fourth-order valence-corrected chi connectivity index (χ4v) is 5.79. The molecule has 0 aromatic carbocycles. The number of likely N-dealkylation sites (tertiary alicyclic amines) is 1. The molecule has 142 valence electrons. The van der Waals surface area contributed by atoms with Crippen LogP contribution in [0.4, 0.5) is 0 Å². The number of hydrogen-bond acceptors (Lipinski definition) is 5. The van der Waals surface area contributed by atoms with Crippen LogP contribution < -0.4 is 0 Å². The standard InChI is InChI=1S/C20H31N5S/c1-19(2,3)25-18(21-22-23-25)17(16-9-7-14-26-16)24-13-8-12-20(15-24)10-5-4-6-11-20/h7,9,14,17H,4-6,8,10-13,15H2,1-3H3/t17-/m0/s1. The first-order chi connectivity index (χ1) is 12.5. The Hall–Kier alpha value is -1.27. The minimum absolute atomic E-state index is 0.118. The van der Waals surface area contributed by atoms with Gasteiger partial charge in [0.1, 0.15) is 6.04 Å². The molecule has 6 heteroatoms. The summed E-state index contributed by atoms with van der Waals surface area (Å²) in [4.78, 5) is 4.03. The average molecular weight is 374 g/mol. The number of rotatable bonds is 3. The van der Waals surface area contributed by atoms with Crippen molar-refractivity contribution in [1.29, 1.82) is 0 Å². The van der Waals surface area contributed by atoms with Crippen LogP contribution in [-0.2, 0) is 5.54 Å². The Bertz CT molecular complexity index is 703. The lowest BCUT2D eigenvalue weighted by atomic mass is 9.69. The quantitative estimate of drug-likeness (QED) is 0.787. The molecule has 26 heavy (non-hydrogen) atoms. The van der Waals surface area contributed by atoms with Gasteiger partial charge >= 0.3 is 0 Å². The van der Waals surface area contributed by atoms with Gasteiger partial charge in [0, 0.05) is 11.4 Å². The van der Waals surface area contributed by atoms with E-state index in [9.17, 15) is 0 Å². The van der Waals surface area contributed by atoms with E-state index in [2.05, 4.69) is 58.7 Å². The second-order valence-electron chi connectivity index (χ2n) is 9.17. The first kappa shape index (κ1) is 18.1. The molecular formula is C20H31N5S. The molecule has 1 aliphatic carbocycles. The number of tetrazole rings is 1. The normalized spacial score (nSPS) is 22.6. The van der Waals surface area contributed by atoms with Gasteiger partial charge in [0.2, 0.25) is 0 Å². The highest BCUT2D eigenvalue weighted by Gasteiger charge is 2.41. The average Bonchev–Trinajstić information content (AvgIpc) is 3.28. The summed E-state index contributed by atoms with van der Waals surface area (Å²) in [6.07, 6.45) is 9.69. The summed E-state index contributed by atoms with van der Waals surface area (Å²) in [5.74, 6) is 0.993. The van der Waals surface area contributed by atoms with Crippen molar-refractivity contribution in [2.24, 2.45) is 5.41 Å². The summed E-state index contributed by atoms with van der Waals surface area (Å²) in [5, 5.41) is 15.1. The van der Waals surface area contributed by atoms with E-state index in [-0.39, 0.29) is 11.6 Å². The van der Waals surface area contributed by atoms with Gasteiger partial charge in [0.25, 0.3) is 0 Å². The van der Waals surface area contributed by atoms with E-state index in [0.717, 1.165) is 12.4 Å². The minimum atomic E-state index is -0.118. The van der Waals surface area contributed by atoms with E-state index < -0.39 is 0 Å². The lowest BCUT2D eigenvalue weighted by Crippen LogP contribution is -2.46. The van der Waals surface area contributed by atoms with Gasteiger partial charge < -0.3 is 0 Å². The molecule has 0 unspecified atom stereocenters. The zero-order chi connectivity index (χ0) is 18.2. The molecule has 2 fully saturated rings. The van der Waals surface area contributed by atoms with Crippen LogP contribution in [0.5, 0.6) is 0 Å². The van der Waals surface area contributed by atoms with E-state index in [1.165, 1.54) is 56.4 Å². The maximum Gasteiger partial charge on any atom is 0.174 e. The zero-order valence-electron chi connectivity index (χ0n) is 16.3. The van der Waals surface area contributed by atoms with Crippen LogP contribution in [0.3, 0.4) is 0 Å². The third kappa shape index (κ3) is 3.46. The van der Waals surface area contributed by atoms with Crippen molar-refractivity contribution < 1.29 is 0 Å². The topological polar surface area (TPSA) is 46.8 Å². The molecule has 5 nitrogen and oxygen atoms in total. The van der Waals surface area contributed by atoms with E-state index in [1.807, 2.05) is 16.0 Å². The molecular weight excluding hydrogens is 342 g/mol. The van der Waals surface area contributed by atoms with Gasteiger partial charge in [0.15, 0.2) is 5.82 Å². The Labute approximate surface area is 160 Å². The Morgan fingerprint density at radius 2 is 1.88 bits per heavy atom. The SMILES string of the molecule is CC(C)(C)n1nnnc1[C@H](c1cccs1)N1CCCC2(CCCCC2)C1. The molecule has 0 radical (unpaired) electrons. The molecule has 1 aliphatic heterocycles. The van der Waals surface area contributed by atoms with Crippen LogP contribution >= 0.6 is 11.3 Å². The molecule has 1 saturated heterocycles. The smallest absolute Gasteiger partial charge is 0.174 e. The van der Waals surface area contributed by atoms with Crippen molar-refractivity contribution in [3.63, 3.8) is 0 Å². The molecule has 0 N–H and O–H groups in total. The summed E-state index contributed by atoms with van der Waals surface area (Å²) in [5.41, 5.74) is 0.401. The third-order valence-electron chi connectivity index (χ3n) is 6.16. The number of hydrogen-bond donors (Lipinski definition) is 0. The lowest BCUT2D eigenvalue weighted by Gasteiger charge is -2.47. The first-order valence-corrected chi connectivity index (χ1v) is 10.9. The van der Waals surface area contributed by atoms with Crippen molar-refractivity contribution in [1.82, 2.24) is 25.1 Å². The van der Waals surface area contributed by atoms with Crippen molar-refractivity contribution in [3.05, 3.63) is 28.2 Å². The molecule has 1 saturated carbocycles. The van der Waals surface area contributed by atoms with Crippen LogP contribution in [0.25, 0.3) is 0 Å². The Morgan fingerprint density at radius 1 is 1.12 bits per heavy atom. The van der Waals surface area contributed by atoms with Gasteiger partial charge in [-0.25, -0.2) is 4.68 Å². The van der Waals surface area contributed by atoms with Gasteiger partial charge in [-0.3, -0.25) is 4.90 Å². The largest absolute Gasteiger partial charge is 0.288 e. The number of thiophene rings is 1. The van der Waals surface area contributed by atoms with Gasteiger partial charge in [0.05, 0.1) is 5.54 Å². The van der Waals surface area contributed by atoms with Crippen LogP contribution in [0.1, 0.15) is 82.5 Å². The molecule has 2 aliphatic rings. The van der Waals surface area contributed by atoms with Crippen LogP contribution in [0.15, 0.2) is 17.5 Å². The monoisotopic (exact) mass is 373 g/mol. The number of nitrogens with zero attached hydrogens (tertiary/aromatic N) is 5. The molecule has 2 aromatic heterocycles. The zero-order valence-corrected chi connectivity index (χ0v) is 17.1. The molecule has 1 atom stereocenters. The maximum atomic E-state index is 4.51. The highest BCUT2D eigenvalue weighted by atomic mass is 32.1. The van der Waals surface area contributed by atoms with Crippen molar-refractivity contribution >= 4 is 11.3 Å². The highest BCUT2D eigenvalue weighted by molar-refractivity contribution is 7.10. The fraction of sp³-hybridized carbons (Fsp3) is 0.750. The van der Waals surface area contributed by atoms with Crippen LogP contribution in [0.2, 0.25) is 0 Å². The third-order valence-corrected chi connectivity index (χ3v) is 7.08. The minimum Gasteiger partial charge on any atom is -0.288 e. The van der Waals surface area contributed by atoms with E-state index in [1.54, 1.807) is 0 Å². The van der Waals surface area contributed by atoms with E-state index >= 15 is 0 Å². The highest BCUT2D eigenvalue weighted by Crippen LogP contribution is 2.46. The van der Waals surface area contributed by atoms with E-state index in [0.29, 0.717) is 5.41 Å². The Morgan fingerprint density at radius 3 is 2.58 bits per heavy atom. The lowest BCUT2D eigenvalue weighted by molar-refractivity contribution is 0.0339. The van der Waals surface area contributed by atoms with Crippen LogP contribution in [-0.4, -0.2) is 38.2 Å². The number of aromatic nitrogens is 4. The molecule has 2 aromatic rings. The second kappa shape index (κ2) is 7.04. The molecule has 3 heterocycles. The fourth-order valence-electron chi connectivity index (χ4n) is 4.94. The molecule has 0 amide bonds. The molecule has 4 rings (SSSR count). The Balaban J connectivity index is 1.70. The number of piperidine rings is 1. The van der Waals surface area contributed by atoms with Gasteiger partial charge in [-0.05, 0) is 80.3 Å². The Kier molecular flexibility index (Phi) is 4.90. The van der Waals surface area contributed by atoms with Crippen LogP contribution in [0, 0.1) is 5.41 Å². The van der Waals surface area contributed by atoms with Gasteiger partial charge in [-0.15, -0.1) is 16.4 Å². The molecule has 1 spiro atoms. The molecule has 0 bridgehead atoms. The summed E-state index contributed by atoms with van der Waals surface area (Å²) in [6.45, 7) is 8.86. The summed E-state index contributed by atoms with van der Waals surface area (Å²) < 4.78 is 2.03. The maximum absolute atomic E-state index is 4.51. The van der Waals surface area contributed by atoms with Crippen molar-refractivity contribution in [2.75, 3.05) is 13.1 Å². The van der Waals surface area contributed by atoms with Gasteiger partial charge in [-0.1, -0.05) is 25.3 Å². The second-order valence-corrected chi connectivity index (χ2v) is 10.2. The predicted octanol–water partition coefficient (Wildman–Crippen LogP) is 4.63. The van der Waals surface area contributed by atoms with Crippen molar-refractivity contribution in [3.8, 4) is 0 Å². The summed E-state index contributed by atoms with van der Waals surface area (Å²) in [6, 6.07) is 4.57. The summed E-state index contributed by atoms with van der Waals surface area (Å²) in [7, 11) is 0. The van der Waals surface area contributed by atoms with Gasteiger partial charge in [-0.2, -0.15) is 0 Å². The first-order valence-electron chi connectivity index (χ1n) is 10.0. The van der Waals surface area contributed by atoms with E-state index in [4.69, 9.17) is 0 Å². The predicted molar refractivity (Wildman–Crippen MR) is 105 cm³/mol. The summed E-state index contributed by atoms with van der Waals surface area (Å²) >= 11 is 1.83.